The van der Waals surface area contributed by atoms with Crippen molar-refractivity contribution in [2.24, 2.45) is 0 Å². The van der Waals surface area contributed by atoms with Crippen molar-refractivity contribution in [3.63, 3.8) is 0 Å². The van der Waals surface area contributed by atoms with Crippen LogP contribution >= 0.6 is 0 Å². The Hall–Kier alpha value is -3.12. The maximum atomic E-state index is 12.9. The Morgan fingerprint density at radius 2 is 1.71 bits per heavy atom. The summed E-state index contributed by atoms with van der Waals surface area (Å²) in [5.41, 5.74) is -0.631. The number of imidazole rings is 1. The zero-order valence-electron chi connectivity index (χ0n) is 25.3. The summed E-state index contributed by atoms with van der Waals surface area (Å²) >= 11 is 0. The van der Waals surface area contributed by atoms with Crippen molar-refractivity contribution in [3.05, 3.63) is 30.1 Å². The normalized spacial score (nSPS) is 12.7. The number of benzene rings is 1. The van der Waals surface area contributed by atoms with Gasteiger partial charge in [-0.3, -0.25) is 9.59 Å². The summed E-state index contributed by atoms with van der Waals surface area (Å²) < 4.78 is 13.4. The zero-order chi connectivity index (χ0) is 30.4. The Morgan fingerprint density at radius 3 is 2.37 bits per heavy atom. The summed E-state index contributed by atoms with van der Waals surface area (Å²) in [5.74, 6) is 0.377. The van der Waals surface area contributed by atoms with Crippen molar-refractivity contribution in [3.8, 4) is 0 Å². The van der Waals surface area contributed by atoms with Crippen LogP contribution in [0.15, 0.2) is 24.3 Å². The van der Waals surface area contributed by atoms with Gasteiger partial charge in [0, 0.05) is 25.0 Å². The number of ether oxygens (including phenoxy) is 2. The summed E-state index contributed by atoms with van der Waals surface area (Å²) in [6, 6.07) is 7.58. The van der Waals surface area contributed by atoms with Gasteiger partial charge < -0.3 is 34.9 Å². The number of nitrogens with one attached hydrogen (secondary N) is 2. The van der Waals surface area contributed by atoms with E-state index in [0.717, 1.165) is 10.9 Å². The predicted octanol–water partition coefficient (Wildman–Crippen LogP) is 3.68. The van der Waals surface area contributed by atoms with Crippen molar-refractivity contribution < 1.29 is 29.3 Å². The molecule has 11 heteroatoms. The molecule has 0 aliphatic carbocycles. The number of aromatic nitrogens is 3. The van der Waals surface area contributed by atoms with E-state index in [1.54, 1.807) is 27.7 Å². The van der Waals surface area contributed by atoms with Crippen molar-refractivity contribution in [2.75, 3.05) is 25.1 Å². The predicted molar refractivity (Wildman–Crippen MR) is 158 cm³/mol. The molecule has 0 fully saturated rings. The summed E-state index contributed by atoms with van der Waals surface area (Å²) in [4.78, 5) is 34.9. The maximum absolute atomic E-state index is 12.9. The number of aliphatic hydroxyl groups is 2. The minimum atomic E-state index is -1.02. The lowest BCUT2D eigenvalue weighted by molar-refractivity contribution is -0.128. The molecule has 0 radical (unpaired) electrons. The topological polar surface area (TPSA) is 148 Å². The molecule has 0 saturated heterocycles. The molecule has 3 rings (SSSR count). The van der Waals surface area contributed by atoms with E-state index in [1.807, 2.05) is 49.6 Å². The molecule has 226 valence electrons. The average molecular weight is 572 g/mol. The van der Waals surface area contributed by atoms with E-state index in [0.29, 0.717) is 42.3 Å². The molecule has 1 aromatic carbocycles. The fourth-order valence-corrected chi connectivity index (χ4v) is 4.42. The number of amides is 2. The third kappa shape index (κ3) is 9.74. The van der Waals surface area contributed by atoms with Crippen LogP contribution in [-0.2, 0) is 32.2 Å². The van der Waals surface area contributed by atoms with E-state index in [9.17, 15) is 19.8 Å². The smallest absolute Gasteiger partial charge is 0.227 e. The standard InChI is InChI=1S/C30H45N5O6/c1-8-40-18-22-33-25-26(35(22)19-29(4,5)39)20-11-9-10-12-21(20)32-27(25)34-23(36)13-15-31-24(37)17-30(6,7)41-16-14-28(2,3)38/h9-12,38-39H,8,13-19H2,1-7H3,(H,31,37)(H,32,34,36). The Morgan fingerprint density at radius 1 is 1.00 bits per heavy atom. The number of hydrogen-bond donors (Lipinski definition) is 4. The van der Waals surface area contributed by atoms with Crippen LogP contribution in [0.4, 0.5) is 5.82 Å². The number of hydrogen-bond acceptors (Lipinski definition) is 8. The molecule has 0 aliphatic rings. The van der Waals surface area contributed by atoms with Gasteiger partial charge in [-0.2, -0.15) is 0 Å². The molecule has 2 aromatic heterocycles. The quantitative estimate of drug-likeness (QED) is 0.216. The van der Waals surface area contributed by atoms with Gasteiger partial charge in [0.2, 0.25) is 11.8 Å². The van der Waals surface area contributed by atoms with Crippen molar-refractivity contribution in [1.29, 1.82) is 0 Å². The largest absolute Gasteiger partial charge is 0.390 e. The van der Waals surface area contributed by atoms with Gasteiger partial charge in [-0.05, 0) is 61.0 Å². The first-order valence-electron chi connectivity index (χ1n) is 14.1. The number of rotatable bonds is 15. The van der Waals surface area contributed by atoms with E-state index in [-0.39, 0.29) is 44.4 Å². The van der Waals surface area contributed by atoms with Crippen LogP contribution in [0.2, 0.25) is 0 Å². The molecule has 0 saturated carbocycles. The van der Waals surface area contributed by atoms with Crippen LogP contribution in [-0.4, -0.2) is 73.1 Å². The maximum Gasteiger partial charge on any atom is 0.227 e. The Balaban J connectivity index is 1.73. The van der Waals surface area contributed by atoms with E-state index in [2.05, 4.69) is 15.6 Å². The molecular weight excluding hydrogens is 526 g/mol. The molecule has 3 aromatic rings. The first-order valence-corrected chi connectivity index (χ1v) is 14.1. The van der Waals surface area contributed by atoms with Gasteiger partial charge in [-0.1, -0.05) is 18.2 Å². The molecule has 0 unspecified atom stereocenters. The molecule has 4 N–H and O–H groups in total. The van der Waals surface area contributed by atoms with Gasteiger partial charge >= 0.3 is 0 Å². The second-order valence-corrected chi connectivity index (χ2v) is 12.2. The first-order chi connectivity index (χ1) is 19.1. The number of pyridine rings is 1. The van der Waals surface area contributed by atoms with Gasteiger partial charge in [-0.15, -0.1) is 0 Å². The highest BCUT2D eigenvalue weighted by atomic mass is 16.5. The molecule has 0 aliphatic heterocycles. The van der Waals surface area contributed by atoms with E-state index >= 15 is 0 Å². The number of carbonyl (C=O) groups is 2. The van der Waals surface area contributed by atoms with Gasteiger partial charge in [-0.25, -0.2) is 9.97 Å². The van der Waals surface area contributed by atoms with Crippen molar-refractivity contribution in [2.45, 2.75) is 97.7 Å². The molecule has 2 heterocycles. The SMILES string of the molecule is CCOCc1nc2c(NC(=O)CCNC(=O)CC(C)(C)OCCC(C)(C)O)nc3ccccc3c2n1CC(C)(C)O. The number of carbonyl (C=O) groups excluding carboxylic acids is 2. The summed E-state index contributed by atoms with van der Waals surface area (Å²) in [5, 5.41) is 27.0. The molecule has 11 nitrogen and oxygen atoms in total. The highest BCUT2D eigenvalue weighted by molar-refractivity contribution is 6.09. The van der Waals surface area contributed by atoms with Crippen LogP contribution < -0.4 is 10.6 Å². The van der Waals surface area contributed by atoms with Gasteiger partial charge in [0.25, 0.3) is 0 Å². The third-order valence-electron chi connectivity index (χ3n) is 6.37. The van der Waals surface area contributed by atoms with Gasteiger partial charge in [0.15, 0.2) is 5.82 Å². The zero-order valence-corrected chi connectivity index (χ0v) is 25.3. The fourth-order valence-electron chi connectivity index (χ4n) is 4.42. The van der Waals surface area contributed by atoms with Crippen molar-refractivity contribution in [1.82, 2.24) is 19.9 Å². The molecule has 0 bridgehead atoms. The van der Waals surface area contributed by atoms with Crippen LogP contribution in [0, 0.1) is 0 Å². The lowest BCUT2D eigenvalue weighted by Gasteiger charge is -2.26. The fraction of sp³-hybridized carbons (Fsp3) is 0.600. The minimum Gasteiger partial charge on any atom is -0.390 e. The average Bonchev–Trinajstić information content (AvgIpc) is 3.18. The number of nitrogens with zero attached hydrogens (tertiary/aromatic N) is 3. The number of para-hydroxylation sites is 1. The van der Waals surface area contributed by atoms with Crippen LogP contribution in [0.25, 0.3) is 21.9 Å². The second-order valence-electron chi connectivity index (χ2n) is 12.2. The Labute approximate surface area is 241 Å². The Kier molecular flexibility index (Phi) is 10.5. The molecule has 41 heavy (non-hydrogen) atoms. The monoisotopic (exact) mass is 571 g/mol. The molecular formula is C30H45N5O6. The summed E-state index contributed by atoms with van der Waals surface area (Å²) in [6.45, 7) is 13.9. The lowest BCUT2D eigenvalue weighted by atomic mass is 10.0. The summed E-state index contributed by atoms with van der Waals surface area (Å²) in [7, 11) is 0. The number of fused-ring (bicyclic) bond motifs is 3. The molecule has 0 spiro atoms. The van der Waals surface area contributed by atoms with E-state index in [4.69, 9.17) is 14.5 Å². The minimum absolute atomic E-state index is 0.0396. The van der Waals surface area contributed by atoms with E-state index < -0.39 is 16.8 Å². The van der Waals surface area contributed by atoms with Gasteiger partial charge in [0.1, 0.15) is 17.9 Å². The summed E-state index contributed by atoms with van der Waals surface area (Å²) in [6.07, 6.45) is 0.615. The van der Waals surface area contributed by atoms with Crippen LogP contribution in [0.5, 0.6) is 0 Å². The van der Waals surface area contributed by atoms with E-state index in [1.165, 1.54) is 0 Å². The highest BCUT2D eigenvalue weighted by Crippen LogP contribution is 2.31. The Bertz CT molecular complexity index is 1350. The number of anilines is 1. The first kappa shape index (κ1) is 32.4. The highest BCUT2D eigenvalue weighted by Gasteiger charge is 2.25. The second kappa shape index (κ2) is 13.2. The van der Waals surface area contributed by atoms with Crippen LogP contribution in [0.3, 0.4) is 0 Å². The lowest BCUT2D eigenvalue weighted by Crippen LogP contribution is -2.36. The van der Waals surface area contributed by atoms with Crippen molar-refractivity contribution >= 4 is 39.6 Å². The molecule has 0 atom stereocenters. The van der Waals surface area contributed by atoms with Gasteiger partial charge in [0.05, 0.1) is 47.4 Å². The molecule has 2 amide bonds. The third-order valence-corrected chi connectivity index (χ3v) is 6.37. The van der Waals surface area contributed by atoms with Crippen LogP contribution in [0.1, 0.15) is 73.6 Å².